The molecule has 3 aromatic rings. The summed E-state index contributed by atoms with van der Waals surface area (Å²) in [5.74, 6) is 2.82. The first-order chi connectivity index (χ1) is 13.7. The van der Waals surface area contributed by atoms with Gasteiger partial charge >= 0.3 is 0 Å². The Bertz CT molecular complexity index is 899. The second-order valence-corrected chi connectivity index (χ2v) is 6.92. The number of benzene rings is 1. The maximum atomic E-state index is 5.66. The maximum Gasteiger partial charge on any atom is 0.241 e. The minimum absolute atomic E-state index is 0.569. The standard InChI is InChI=1S/C20H25N5O3/c1-3-26-18-7-5-4-6-17(18)20-21-19(28-23-20)14-25-10-8-24(9-11-25)13-16-12-15(2)27-22-16/h4-7,12H,3,8-11,13-14H2,1-2H3. The van der Waals surface area contributed by atoms with Crippen LogP contribution in [0.15, 0.2) is 39.4 Å². The molecule has 4 rings (SSSR count). The number of piperazine rings is 1. The SMILES string of the molecule is CCOc1ccccc1-c1noc(CN2CCN(Cc3cc(C)on3)CC2)n1. The topological polar surface area (TPSA) is 80.7 Å². The van der Waals surface area contributed by atoms with Gasteiger partial charge in [-0.15, -0.1) is 0 Å². The van der Waals surface area contributed by atoms with Crippen LogP contribution >= 0.6 is 0 Å². The van der Waals surface area contributed by atoms with Crippen LogP contribution in [-0.2, 0) is 13.1 Å². The normalized spacial score (nSPS) is 15.8. The number of aryl methyl sites for hydroxylation is 1. The molecule has 8 heteroatoms. The Morgan fingerprint density at radius 3 is 2.46 bits per heavy atom. The van der Waals surface area contributed by atoms with Gasteiger partial charge in [0.15, 0.2) is 0 Å². The van der Waals surface area contributed by atoms with Gasteiger partial charge < -0.3 is 13.8 Å². The van der Waals surface area contributed by atoms with Gasteiger partial charge in [0.1, 0.15) is 11.5 Å². The van der Waals surface area contributed by atoms with Gasteiger partial charge in [-0.05, 0) is 26.0 Å². The lowest BCUT2D eigenvalue weighted by Crippen LogP contribution is -2.45. The van der Waals surface area contributed by atoms with E-state index in [9.17, 15) is 0 Å². The van der Waals surface area contributed by atoms with E-state index in [4.69, 9.17) is 13.8 Å². The molecule has 0 N–H and O–H groups in total. The first-order valence-corrected chi connectivity index (χ1v) is 9.63. The minimum atomic E-state index is 0.569. The average molecular weight is 383 g/mol. The van der Waals surface area contributed by atoms with Crippen LogP contribution in [0.1, 0.15) is 24.3 Å². The summed E-state index contributed by atoms with van der Waals surface area (Å²) in [4.78, 5) is 9.28. The van der Waals surface area contributed by atoms with Crippen molar-refractivity contribution < 1.29 is 13.8 Å². The van der Waals surface area contributed by atoms with Gasteiger partial charge in [-0.1, -0.05) is 22.4 Å². The van der Waals surface area contributed by atoms with Crippen molar-refractivity contribution >= 4 is 0 Å². The van der Waals surface area contributed by atoms with Crippen molar-refractivity contribution in [2.75, 3.05) is 32.8 Å². The molecule has 0 radical (unpaired) electrons. The van der Waals surface area contributed by atoms with E-state index in [1.807, 2.05) is 44.2 Å². The fourth-order valence-corrected chi connectivity index (χ4v) is 3.38. The zero-order valence-electron chi connectivity index (χ0n) is 16.3. The molecule has 8 nitrogen and oxygen atoms in total. The molecule has 0 amide bonds. The fourth-order valence-electron chi connectivity index (χ4n) is 3.38. The van der Waals surface area contributed by atoms with E-state index in [0.717, 1.165) is 55.5 Å². The lowest BCUT2D eigenvalue weighted by atomic mass is 10.2. The van der Waals surface area contributed by atoms with Crippen molar-refractivity contribution in [1.82, 2.24) is 25.1 Å². The molecule has 1 fully saturated rings. The van der Waals surface area contributed by atoms with E-state index < -0.39 is 0 Å². The third-order valence-corrected chi connectivity index (χ3v) is 4.78. The van der Waals surface area contributed by atoms with Crippen LogP contribution in [0.4, 0.5) is 0 Å². The van der Waals surface area contributed by atoms with Gasteiger partial charge in [0.2, 0.25) is 11.7 Å². The summed E-state index contributed by atoms with van der Waals surface area (Å²) in [6.45, 7) is 9.79. The highest BCUT2D eigenvalue weighted by atomic mass is 16.5. The molecule has 1 aliphatic heterocycles. The van der Waals surface area contributed by atoms with Crippen molar-refractivity contribution in [2.45, 2.75) is 26.9 Å². The van der Waals surface area contributed by atoms with E-state index in [-0.39, 0.29) is 0 Å². The molecular formula is C20H25N5O3. The molecule has 28 heavy (non-hydrogen) atoms. The van der Waals surface area contributed by atoms with Gasteiger partial charge in [0.05, 0.1) is 24.4 Å². The highest BCUT2D eigenvalue weighted by Crippen LogP contribution is 2.27. The Balaban J connectivity index is 1.33. The molecule has 0 spiro atoms. The van der Waals surface area contributed by atoms with Crippen LogP contribution in [0, 0.1) is 6.92 Å². The summed E-state index contributed by atoms with van der Waals surface area (Å²) < 4.78 is 16.3. The number of rotatable bonds is 7. The summed E-state index contributed by atoms with van der Waals surface area (Å²) in [6, 6.07) is 9.75. The molecule has 0 atom stereocenters. The first-order valence-electron chi connectivity index (χ1n) is 9.63. The Morgan fingerprint density at radius 2 is 1.75 bits per heavy atom. The number of nitrogens with zero attached hydrogens (tertiary/aromatic N) is 5. The van der Waals surface area contributed by atoms with Crippen LogP contribution in [-0.4, -0.2) is 57.9 Å². The summed E-state index contributed by atoms with van der Waals surface area (Å²) in [5, 5.41) is 8.22. The molecular weight excluding hydrogens is 358 g/mol. The molecule has 0 bridgehead atoms. The second-order valence-electron chi connectivity index (χ2n) is 6.92. The van der Waals surface area contributed by atoms with E-state index in [1.54, 1.807) is 0 Å². The number of ether oxygens (including phenoxy) is 1. The second kappa shape index (κ2) is 8.53. The maximum absolute atomic E-state index is 5.66. The zero-order valence-corrected chi connectivity index (χ0v) is 16.3. The Hall–Kier alpha value is -2.71. The predicted molar refractivity (Wildman–Crippen MR) is 103 cm³/mol. The van der Waals surface area contributed by atoms with Gasteiger partial charge in [-0.2, -0.15) is 4.98 Å². The zero-order chi connectivity index (χ0) is 19.3. The van der Waals surface area contributed by atoms with Gasteiger partial charge in [-0.3, -0.25) is 9.80 Å². The van der Waals surface area contributed by atoms with Crippen LogP contribution in [0.2, 0.25) is 0 Å². The lowest BCUT2D eigenvalue weighted by molar-refractivity contribution is 0.110. The highest BCUT2D eigenvalue weighted by molar-refractivity contribution is 5.63. The lowest BCUT2D eigenvalue weighted by Gasteiger charge is -2.33. The van der Waals surface area contributed by atoms with E-state index in [1.165, 1.54) is 0 Å². The van der Waals surface area contributed by atoms with Crippen molar-refractivity contribution in [3.63, 3.8) is 0 Å². The fraction of sp³-hybridized carbons (Fsp3) is 0.450. The van der Waals surface area contributed by atoms with Crippen molar-refractivity contribution in [1.29, 1.82) is 0 Å². The van der Waals surface area contributed by atoms with E-state index in [0.29, 0.717) is 24.9 Å². The number of hydrogen-bond acceptors (Lipinski definition) is 8. The van der Waals surface area contributed by atoms with Crippen LogP contribution in [0.3, 0.4) is 0 Å². The molecule has 1 saturated heterocycles. The molecule has 1 aliphatic rings. The smallest absolute Gasteiger partial charge is 0.241 e. The highest BCUT2D eigenvalue weighted by Gasteiger charge is 2.21. The van der Waals surface area contributed by atoms with Crippen molar-refractivity contribution in [3.05, 3.63) is 47.7 Å². The summed E-state index contributed by atoms with van der Waals surface area (Å²) in [6.07, 6.45) is 0. The number of aromatic nitrogens is 3. The number of hydrogen-bond donors (Lipinski definition) is 0. The van der Waals surface area contributed by atoms with E-state index in [2.05, 4.69) is 25.1 Å². The Kier molecular flexibility index (Phi) is 5.68. The largest absolute Gasteiger partial charge is 0.493 e. The molecule has 3 heterocycles. The van der Waals surface area contributed by atoms with Crippen LogP contribution in [0.5, 0.6) is 5.75 Å². The molecule has 2 aromatic heterocycles. The molecule has 0 saturated carbocycles. The first kappa shape index (κ1) is 18.6. The predicted octanol–water partition coefficient (Wildman–Crippen LogP) is 2.75. The third-order valence-electron chi connectivity index (χ3n) is 4.78. The third kappa shape index (κ3) is 4.40. The van der Waals surface area contributed by atoms with Crippen LogP contribution < -0.4 is 4.74 Å². The number of para-hydroxylation sites is 1. The van der Waals surface area contributed by atoms with Gasteiger partial charge in [0, 0.05) is 38.8 Å². The summed E-state index contributed by atoms with van der Waals surface area (Å²) >= 11 is 0. The molecule has 148 valence electrons. The van der Waals surface area contributed by atoms with Gasteiger partial charge in [-0.25, -0.2) is 0 Å². The van der Waals surface area contributed by atoms with Crippen LogP contribution in [0.25, 0.3) is 11.4 Å². The Labute approximate surface area is 164 Å². The monoisotopic (exact) mass is 383 g/mol. The quantitative estimate of drug-likeness (QED) is 0.616. The minimum Gasteiger partial charge on any atom is -0.493 e. The van der Waals surface area contributed by atoms with Crippen molar-refractivity contribution in [3.8, 4) is 17.1 Å². The summed E-state index contributed by atoms with van der Waals surface area (Å²) in [5.41, 5.74) is 1.84. The molecule has 0 unspecified atom stereocenters. The van der Waals surface area contributed by atoms with Crippen molar-refractivity contribution in [2.24, 2.45) is 0 Å². The molecule has 0 aliphatic carbocycles. The summed E-state index contributed by atoms with van der Waals surface area (Å²) in [7, 11) is 0. The Morgan fingerprint density at radius 1 is 1.00 bits per heavy atom. The van der Waals surface area contributed by atoms with E-state index >= 15 is 0 Å². The van der Waals surface area contributed by atoms with Gasteiger partial charge in [0.25, 0.3) is 0 Å². The average Bonchev–Trinajstić information content (AvgIpc) is 3.33. The molecule has 1 aromatic carbocycles.